The third kappa shape index (κ3) is 3.80. The standard InChI is InChI=1S/C16H23NO2/c1-2-15-8-5-6-10-17(15)11-12-19-16-9-4-3-7-14(16)13-18/h3-4,7,9,13,15H,2,5-6,8,10-12H2,1H3/t15-/m1/s1. The molecular formula is C16H23NO2. The van der Waals surface area contributed by atoms with E-state index in [0.717, 1.165) is 12.8 Å². The summed E-state index contributed by atoms with van der Waals surface area (Å²) in [6.07, 6.45) is 6.02. The summed E-state index contributed by atoms with van der Waals surface area (Å²) in [6, 6.07) is 8.11. The highest BCUT2D eigenvalue weighted by Gasteiger charge is 2.20. The van der Waals surface area contributed by atoms with Crippen molar-refractivity contribution in [3.63, 3.8) is 0 Å². The van der Waals surface area contributed by atoms with Gasteiger partial charge in [-0.3, -0.25) is 9.69 Å². The van der Waals surface area contributed by atoms with Gasteiger partial charge in [0.15, 0.2) is 6.29 Å². The van der Waals surface area contributed by atoms with E-state index in [4.69, 9.17) is 4.74 Å². The van der Waals surface area contributed by atoms with Gasteiger partial charge < -0.3 is 4.74 Å². The van der Waals surface area contributed by atoms with E-state index in [1.54, 1.807) is 6.07 Å². The summed E-state index contributed by atoms with van der Waals surface area (Å²) in [5.41, 5.74) is 0.633. The highest BCUT2D eigenvalue weighted by molar-refractivity contribution is 5.79. The van der Waals surface area contributed by atoms with Crippen LogP contribution in [0.15, 0.2) is 24.3 Å². The number of likely N-dealkylation sites (tertiary alicyclic amines) is 1. The second-order valence-electron chi connectivity index (χ2n) is 5.10. The number of rotatable bonds is 6. The van der Waals surface area contributed by atoms with Crippen molar-refractivity contribution >= 4 is 6.29 Å². The van der Waals surface area contributed by atoms with Crippen LogP contribution in [-0.2, 0) is 0 Å². The number of hydrogen-bond donors (Lipinski definition) is 0. The van der Waals surface area contributed by atoms with Crippen molar-refractivity contribution in [3.05, 3.63) is 29.8 Å². The molecule has 104 valence electrons. The first kappa shape index (κ1) is 14.1. The molecule has 0 unspecified atom stereocenters. The molecule has 0 bridgehead atoms. The summed E-state index contributed by atoms with van der Waals surface area (Å²) >= 11 is 0. The van der Waals surface area contributed by atoms with E-state index in [0.29, 0.717) is 24.0 Å². The second kappa shape index (κ2) is 7.29. The lowest BCUT2D eigenvalue weighted by atomic mass is 10.0. The summed E-state index contributed by atoms with van der Waals surface area (Å²) in [7, 11) is 0. The van der Waals surface area contributed by atoms with Crippen LogP contribution in [0, 0.1) is 0 Å². The van der Waals surface area contributed by atoms with Gasteiger partial charge >= 0.3 is 0 Å². The first-order valence-corrected chi connectivity index (χ1v) is 7.26. The lowest BCUT2D eigenvalue weighted by Crippen LogP contribution is -2.41. The van der Waals surface area contributed by atoms with Crippen LogP contribution in [-0.4, -0.2) is 36.9 Å². The van der Waals surface area contributed by atoms with E-state index < -0.39 is 0 Å². The number of benzene rings is 1. The van der Waals surface area contributed by atoms with Crippen molar-refractivity contribution in [2.24, 2.45) is 0 Å². The van der Waals surface area contributed by atoms with E-state index in [2.05, 4.69) is 11.8 Å². The molecule has 0 spiro atoms. The van der Waals surface area contributed by atoms with Crippen molar-refractivity contribution in [2.75, 3.05) is 19.7 Å². The minimum absolute atomic E-state index is 0.633. The van der Waals surface area contributed by atoms with Crippen LogP contribution in [0.4, 0.5) is 0 Å². The monoisotopic (exact) mass is 261 g/mol. The van der Waals surface area contributed by atoms with Crippen molar-refractivity contribution in [1.29, 1.82) is 0 Å². The molecule has 1 fully saturated rings. The highest BCUT2D eigenvalue weighted by atomic mass is 16.5. The molecule has 2 rings (SSSR count). The van der Waals surface area contributed by atoms with Gasteiger partial charge in [-0.25, -0.2) is 0 Å². The molecule has 3 nitrogen and oxygen atoms in total. The van der Waals surface area contributed by atoms with Crippen LogP contribution >= 0.6 is 0 Å². The Labute approximate surface area is 115 Å². The molecule has 0 amide bonds. The van der Waals surface area contributed by atoms with Gasteiger partial charge in [-0.05, 0) is 37.9 Å². The summed E-state index contributed by atoms with van der Waals surface area (Å²) in [5, 5.41) is 0. The third-order valence-electron chi connectivity index (χ3n) is 3.90. The summed E-state index contributed by atoms with van der Waals surface area (Å²) in [4.78, 5) is 13.4. The fraction of sp³-hybridized carbons (Fsp3) is 0.562. The number of hydrogen-bond acceptors (Lipinski definition) is 3. The maximum atomic E-state index is 10.9. The van der Waals surface area contributed by atoms with Gasteiger partial charge in [0.25, 0.3) is 0 Å². The van der Waals surface area contributed by atoms with E-state index in [1.807, 2.05) is 18.2 Å². The smallest absolute Gasteiger partial charge is 0.153 e. The van der Waals surface area contributed by atoms with Gasteiger partial charge in [-0.2, -0.15) is 0 Å². The number of carbonyl (C=O) groups is 1. The quantitative estimate of drug-likeness (QED) is 0.737. The number of ether oxygens (including phenoxy) is 1. The minimum atomic E-state index is 0.633. The molecule has 0 N–H and O–H groups in total. The molecule has 0 aromatic heterocycles. The van der Waals surface area contributed by atoms with Gasteiger partial charge in [0.1, 0.15) is 12.4 Å². The van der Waals surface area contributed by atoms with Gasteiger partial charge in [0.2, 0.25) is 0 Å². The SMILES string of the molecule is CC[C@@H]1CCCCN1CCOc1ccccc1C=O. The molecule has 0 saturated carbocycles. The molecule has 3 heteroatoms. The molecule has 0 aliphatic carbocycles. The molecule has 1 aliphatic rings. The lowest BCUT2D eigenvalue weighted by Gasteiger charge is -2.35. The largest absolute Gasteiger partial charge is 0.492 e. The average molecular weight is 261 g/mol. The molecule has 1 aliphatic heterocycles. The highest BCUT2D eigenvalue weighted by Crippen LogP contribution is 2.20. The fourth-order valence-corrected chi connectivity index (χ4v) is 2.80. The van der Waals surface area contributed by atoms with Crippen LogP contribution in [0.3, 0.4) is 0 Å². The predicted octanol–water partition coefficient (Wildman–Crippen LogP) is 3.14. The lowest BCUT2D eigenvalue weighted by molar-refractivity contribution is 0.110. The van der Waals surface area contributed by atoms with E-state index in [9.17, 15) is 4.79 Å². The number of carbonyl (C=O) groups excluding carboxylic acids is 1. The van der Waals surface area contributed by atoms with Gasteiger partial charge in [0, 0.05) is 12.6 Å². The molecule has 19 heavy (non-hydrogen) atoms. The topological polar surface area (TPSA) is 29.5 Å². The average Bonchev–Trinajstić information content (AvgIpc) is 2.48. The molecule has 1 aromatic rings. The van der Waals surface area contributed by atoms with Gasteiger partial charge in [-0.15, -0.1) is 0 Å². The Bertz CT molecular complexity index is 405. The first-order valence-electron chi connectivity index (χ1n) is 7.26. The normalized spacial score (nSPS) is 20.2. The van der Waals surface area contributed by atoms with E-state index in [-0.39, 0.29) is 0 Å². The Morgan fingerprint density at radius 1 is 1.37 bits per heavy atom. The molecule has 0 radical (unpaired) electrons. The molecule has 1 heterocycles. The van der Waals surface area contributed by atoms with Crippen LogP contribution in [0.2, 0.25) is 0 Å². The molecular weight excluding hydrogens is 238 g/mol. The van der Waals surface area contributed by atoms with Crippen LogP contribution in [0.1, 0.15) is 43.0 Å². The van der Waals surface area contributed by atoms with E-state index in [1.165, 1.54) is 32.2 Å². The van der Waals surface area contributed by atoms with Gasteiger partial charge in [-0.1, -0.05) is 25.5 Å². The molecule has 1 saturated heterocycles. The Morgan fingerprint density at radius 2 is 2.21 bits per heavy atom. The molecule has 1 atom stereocenters. The van der Waals surface area contributed by atoms with Crippen molar-refractivity contribution in [2.45, 2.75) is 38.6 Å². The third-order valence-corrected chi connectivity index (χ3v) is 3.90. The van der Waals surface area contributed by atoms with E-state index >= 15 is 0 Å². The summed E-state index contributed by atoms with van der Waals surface area (Å²) in [6.45, 7) is 5.04. The maximum Gasteiger partial charge on any atom is 0.153 e. The summed E-state index contributed by atoms with van der Waals surface area (Å²) < 4.78 is 5.75. The first-order chi connectivity index (χ1) is 9.35. The zero-order valence-electron chi connectivity index (χ0n) is 11.7. The van der Waals surface area contributed by atoms with Crippen molar-refractivity contribution < 1.29 is 9.53 Å². The maximum absolute atomic E-state index is 10.9. The molecule has 1 aromatic carbocycles. The van der Waals surface area contributed by atoms with Crippen molar-refractivity contribution in [1.82, 2.24) is 4.90 Å². The number of para-hydroxylation sites is 1. The van der Waals surface area contributed by atoms with Crippen molar-refractivity contribution in [3.8, 4) is 5.75 Å². The fourth-order valence-electron chi connectivity index (χ4n) is 2.80. The Morgan fingerprint density at radius 3 is 3.00 bits per heavy atom. The Kier molecular flexibility index (Phi) is 5.40. The zero-order valence-corrected chi connectivity index (χ0v) is 11.7. The number of nitrogens with zero attached hydrogens (tertiary/aromatic N) is 1. The minimum Gasteiger partial charge on any atom is -0.492 e. The summed E-state index contributed by atoms with van der Waals surface area (Å²) in [5.74, 6) is 0.697. The Balaban J connectivity index is 1.83. The number of aldehydes is 1. The Hall–Kier alpha value is -1.35. The zero-order chi connectivity index (χ0) is 13.5. The predicted molar refractivity (Wildman–Crippen MR) is 76.8 cm³/mol. The number of piperidine rings is 1. The van der Waals surface area contributed by atoms with Crippen LogP contribution < -0.4 is 4.74 Å². The van der Waals surface area contributed by atoms with Gasteiger partial charge in [0.05, 0.1) is 5.56 Å². The second-order valence-corrected chi connectivity index (χ2v) is 5.10. The van der Waals surface area contributed by atoms with Crippen LogP contribution in [0.5, 0.6) is 5.75 Å². The van der Waals surface area contributed by atoms with Crippen LogP contribution in [0.25, 0.3) is 0 Å².